The second-order valence-corrected chi connectivity index (χ2v) is 7.77. The molecule has 1 amide bonds. The molecule has 0 unspecified atom stereocenters. The van der Waals surface area contributed by atoms with Crippen LogP contribution in [-0.4, -0.2) is 29.7 Å². The zero-order chi connectivity index (χ0) is 17.9. The summed E-state index contributed by atoms with van der Waals surface area (Å²) in [5.74, 6) is 0.193. The third-order valence-corrected chi connectivity index (χ3v) is 4.65. The van der Waals surface area contributed by atoms with Crippen LogP contribution in [0.1, 0.15) is 51.7 Å². The molecule has 2 rings (SSSR count). The molecular weight excluding hydrogens is 377 g/mol. The molecule has 0 atom stereocenters. The molecule has 0 N–H and O–H groups in total. The van der Waals surface area contributed by atoms with Crippen LogP contribution in [0.25, 0.3) is 0 Å². The molecule has 1 aliphatic rings. The van der Waals surface area contributed by atoms with Gasteiger partial charge >= 0.3 is 6.09 Å². The maximum absolute atomic E-state index is 14.5. The standard InChI is InChI=1S/C18H25BrFNO3/c1-5-6-9-23-15-10-14(20)13-11-21(8-7-12(13)16(15)19)17(22)24-18(2,3)4/h10H,5-9,11H2,1-4H3. The quantitative estimate of drug-likeness (QED) is 0.661. The lowest BCUT2D eigenvalue weighted by Gasteiger charge is -2.32. The SMILES string of the molecule is CCCCOc1cc(F)c2c(c1Br)CCN(C(=O)OC(C)(C)C)C2. The van der Waals surface area contributed by atoms with Crippen LogP contribution in [0.5, 0.6) is 5.75 Å². The van der Waals surface area contributed by atoms with E-state index in [1.54, 1.807) is 4.90 Å². The van der Waals surface area contributed by atoms with Gasteiger partial charge in [-0.3, -0.25) is 0 Å². The van der Waals surface area contributed by atoms with Gasteiger partial charge < -0.3 is 14.4 Å². The topological polar surface area (TPSA) is 38.8 Å². The fourth-order valence-electron chi connectivity index (χ4n) is 2.55. The molecule has 6 heteroatoms. The number of ether oxygens (including phenoxy) is 2. The van der Waals surface area contributed by atoms with Crippen molar-refractivity contribution in [2.75, 3.05) is 13.2 Å². The van der Waals surface area contributed by atoms with Crippen molar-refractivity contribution in [2.45, 2.75) is 59.1 Å². The summed E-state index contributed by atoms with van der Waals surface area (Å²) < 4.78 is 26.4. The number of hydrogen-bond donors (Lipinski definition) is 0. The monoisotopic (exact) mass is 401 g/mol. The molecule has 0 bridgehead atoms. The van der Waals surface area contributed by atoms with Crippen molar-refractivity contribution in [1.82, 2.24) is 4.90 Å². The highest BCUT2D eigenvalue weighted by Gasteiger charge is 2.29. The van der Waals surface area contributed by atoms with Crippen molar-refractivity contribution in [3.05, 3.63) is 27.5 Å². The average molecular weight is 402 g/mol. The van der Waals surface area contributed by atoms with Gasteiger partial charge in [0.2, 0.25) is 0 Å². The van der Waals surface area contributed by atoms with E-state index >= 15 is 0 Å². The molecule has 0 aliphatic carbocycles. The largest absolute Gasteiger partial charge is 0.492 e. The molecular formula is C18H25BrFNO3. The molecule has 1 aromatic carbocycles. The van der Waals surface area contributed by atoms with Gasteiger partial charge in [-0.25, -0.2) is 9.18 Å². The van der Waals surface area contributed by atoms with Crippen molar-refractivity contribution in [3.63, 3.8) is 0 Å². The fraction of sp³-hybridized carbons (Fsp3) is 0.611. The molecule has 24 heavy (non-hydrogen) atoms. The molecule has 1 aliphatic heterocycles. The molecule has 4 nitrogen and oxygen atoms in total. The number of amides is 1. The van der Waals surface area contributed by atoms with Crippen LogP contribution >= 0.6 is 15.9 Å². The predicted octanol–water partition coefficient (Wildman–Crippen LogP) is 5.06. The van der Waals surface area contributed by atoms with Crippen LogP contribution in [0, 0.1) is 5.82 Å². The van der Waals surface area contributed by atoms with E-state index in [4.69, 9.17) is 9.47 Å². The number of unbranched alkanes of at least 4 members (excludes halogenated alkanes) is 1. The van der Waals surface area contributed by atoms with Gasteiger partial charge in [-0.1, -0.05) is 13.3 Å². The molecule has 0 saturated carbocycles. The highest BCUT2D eigenvalue weighted by Crippen LogP contribution is 2.36. The minimum atomic E-state index is -0.562. The Labute approximate surface area is 151 Å². The number of rotatable bonds is 4. The highest BCUT2D eigenvalue weighted by molar-refractivity contribution is 9.10. The highest BCUT2D eigenvalue weighted by atomic mass is 79.9. The van der Waals surface area contributed by atoms with Crippen LogP contribution in [0.2, 0.25) is 0 Å². The number of fused-ring (bicyclic) bond motifs is 1. The van der Waals surface area contributed by atoms with E-state index in [9.17, 15) is 9.18 Å². The number of hydrogen-bond acceptors (Lipinski definition) is 3. The van der Waals surface area contributed by atoms with Crippen molar-refractivity contribution in [3.8, 4) is 5.75 Å². The van der Waals surface area contributed by atoms with E-state index in [2.05, 4.69) is 22.9 Å². The van der Waals surface area contributed by atoms with E-state index in [1.807, 2.05) is 20.8 Å². The molecule has 134 valence electrons. The van der Waals surface area contributed by atoms with E-state index in [0.717, 1.165) is 22.9 Å². The van der Waals surface area contributed by atoms with Crippen LogP contribution in [0.15, 0.2) is 10.5 Å². The maximum atomic E-state index is 14.5. The summed E-state index contributed by atoms with van der Waals surface area (Å²) in [6, 6.07) is 1.40. The Balaban J connectivity index is 2.17. The van der Waals surface area contributed by atoms with Gasteiger partial charge in [0.1, 0.15) is 17.2 Å². The van der Waals surface area contributed by atoms with Gasteiger partial charge in [0, 0.05) is 18.2 Å². The van der Waals surface area contributed by atoms with Gasteiger partial charge in [-0.15, -0.1) is 0 Å². The lowest BCUT2D eigenvalue weighted by Crippen LogP contribution is -2.40. The van der Waals surface area contributed by atoms with Crippen molar-refractivity contribution < 1.29 is 18.7 Å². The lowest BCUT2D eigenvalue weighted by atomic mass is 9.99. The minimum Gasteiger partial charge on any atom is -0.492 e. The second kappa shape index (κ2) is 7.72. The molecule has 1 heterocycles. The van der Waals surface area contributed by atoms with Gasteiger partial charge in [-0.05, 0) is 55.1 Å². The summed E-state index contributed by atoms with van der Waals surface area (Å²) in [5.41, 5.74) is 0.844. The Morgan fingerprint density at radius 2 is 2.08 bits per heavy atom. The zero-order valence-electron chi connectivity index (χ0n) is 14.7. The first-order valence-corrected chi connectivity index (χ1v) is 9.12. The Bertz CT molecular complexity index is 613. The molecule has 0 fully saturated rings. The summed E-state index contributed by atoms with van der Waals surface area (Å²) >= 11 is 3.53. The average Bonchev–Trinajstić information content (AvgIpc) is 2.50. The zero-order valence-corrected chi connectivity index (χ0v) is 16.3. The molecule has 0 radical (unpaired) electrons. The van der Waals surface area contributed by atoms with Crippen LogP contribution in [-0.2, 0) is 17.7 Å². The Kier molecular flexibility index (Phi) is 6.12. The van der Waals surface area contributed by atoms with Gasteiger partial charge in [0.15, 0.2) is 0 Å². The van der Waals surface area contributed by atoms with Crippen LogP contribution in [0.4, 0.5) is 9.18 Å². The van der Waals surface area contributed by atoms with Crippen LogP contribution < -0.4 is 4.74 Å². The van der Waals surface area contributed by atoms with Crippen molar-refractivity contribution >= 4 is 22.0 Å². The number of carbonyl (C=O) groups excluding carboxylic acids is 1. The summed E-state index contributed by atoms with van der Waals surface area (Å²) in [6.07, 6.45) is 2.11. The normalized spacial score (nSPS) is 14.3. The minimum absolute atomic E-state index is 0.212. The van der Waals surface area contributed by atoms with E-state index in [1.165, 1.54) is 6.07 Å². The third-order valence-electron chi connectivity index (χ3n) is 3.78. The fourth-order valence-corrected chi connectivity index (χ4v) is 3.22. The Hall–Kier alpha value is -1.30. The van der Waals surface area contributed by atoms with E-state index < -0.39 is 11.7 Å². The van der Waals surface area contributed by atoms with Gasteiger partial charge in [0.25, 0.3) is 0 Å². The first-order valence-electron chi connectivity index (χ1n) is 8.33. The summed E-state index contributed by atoms with van der Waals surface area (Å²) in [4.78, 5) is 13.7. The lowest BCUT2D eigenvalue weighted by molar-refractivity contribution is 0.0221. The van der Waals surface area contributed by atoms with Crippen molar-refractivity contribution in [2.24, 2.45) is 0 Å². The van der Waals surface area contributed by atoms with Gasteiger partial charge in [0.05, 0.1) is 17.6 Å². The summed E-state index contributed by atoms with van der Waals surface area (Å²) in [6.45, 7) is 8.82. The third kappa shape index (κ3) is 4.62. The van der Waals surface area contributed by atoms with Crippen molar-refractivity contribution in [1.29, 1.82) is 0 Å². The second-order valence-electron chi connectivity index (χ2n) is 6.98. The Morgan fingerprint density at radius 3 is 2.71 bits per heavy atom. The predicted molar refractivity (Wildman–Crippen MR) is 94.9 cm³/mol. The number of carbonyl (C=O) groups is 1. The number of benzene rings is 1. The van der Waals surface area contributed by atoms with Crippen LogP contribution in [0.3, 0.4) is 0 Å². The molecule has 0 aromatic heterocycles. The summed E-state index contributed by atoms with van der Waals surface area (Å²) in [7, 11) is 0. The maximum Gasteiger partial charge on any atom is 0.410 e. The van der Waals surface area contributed by atoms with E-state index in [-0.39, 0.29) is 12.4 Å². The van der Waals surface area contributed by atoms with Gasteiger partial charge in [-0.2, -0.15) is 0 Å². The number of halogens is 2. The molecule has 0 saturated heterocycles. The summed E-state index contributed by atoms with van der Waals surface area (Å²) in [5, 5.41) is 0. The number of nitrogens with zero attached hydrogens (tertiary/aromatic N) is 1. The first kappa shape index (κ1) is 19.0. The smallest absolute Gasteiger partial charge is 0.410 e. The first-order chi connectivity index (χ1) is 11.2. The molecule has 0 spiro atoms. The molecule has 1 aromatic rings. The van der Waals surface area contributed by atoms with E-state index in [0.29, 0.717) is 30.9 Å². The Morgan fingerprint density at radius 1 is 1.38 bits per heavy atom.